The lowest BCUT2D eigenvalue weighted by atomic mass is 10.3. The molecule has 0 radical (unpaired) electrons. The van der Waals surface area contributed by atoms with Gasteiger partial charge in [-0.25, -0.2) is 0 Å². The predicted molar refractivity (Wildman–Crippen MR) is 172 cm³/mol. The smallest absolute Gasteiger partial charge is 0.0506 e. The fourth-order valence-corrected chi connectivity index (χ4v) is 4.10. The standard InChI is InChI=1S/2C13H34N6.CH4/c2*14-5-1-9-18(10-2-6-15)13-19(11-3-7-16)12-4-8-17;/h2*1-17H2;1H4. The summed E-state index contributed by atoms with van der Waals surface area (Å²) in [5.41, 5.74) is 44.8. The Morgan fingerprint density at radius 3 is 0.487 bits per heavy atom. The zero-order chi connectivity index (χ0) is 28.7. The molecule has 0 aliphatic carbocycles. The molecule has 0 unspecified atom stereocenters. The Balaban J connectivity index is -0.000000648. The Morgan fingerprint density at radius 1 is 0.256 bits per heavy atom. The lowest BCUT2D eigenvalue weighted by molar-refractivity contribution is 0.128. The molecule has 12 nitrogen and oxygen atoms in total. The van der Waals surface area contributed by atoms with Gasteiger partial charge in [0.25, 0.3) is 0 Å². The van der Waals surface area contributed by atoms with Crippen molar-refractivity contribution in [1.29, 1.82) is 0 Å². The number of rotatable bonds is 28. The molecule has 0 aromatic rings. The van der Waals surface area contributed by atoms with E-state index in [1.165, 1.54) is 0 Å². The minimum atomic E-state index is 0. The van der Waals surface area contributed by atoms with Crippen molar-refractivity contribution >= 4 is 0 Å². The third-order valence-electron chi connectivity index (χ3n) is 6.23. The van der Waals surface area contributed by atoms with Gasteiger partial charge in [0, 0.05) is 52.4 Å². The number of nitrogens with zero attached hydrogens (tertiary/aromatic N) is 4. The minimum absolute atomic E-state index is 0. The monoisotopic (exact) mass is 565 g/mol. The average Bonchev–Trinajstić information content (AvgIpc) is 2.94. The van der Waals surface area contributed by atoms with Gasteiger partial charge in [-0.05, 0) is 104 Å². The second-order valence-electron chi connectivity index (χ2n) is 9.89. The molecule has 0 saturated carbocycles. The van der Waals surface area contributed by atoms with Crippen LogP contribution in [0.2, 0.25) is 0 Å². The van der Waals surface area contributed by atoms with E-state index in [2.05, 4.69) is 19.6 Å². The highest BCUT2D eigenvalue weighted by Crippen LogP contribution is 2.02. The maximum atomic E-state index is 5.60. The summed E-state index contributed by atoms with van der Waals surface area (Å²) in [7, 11) is 0. The Bertz CT molecular complexity index is 328. The topological polar surface area (TPSA) is 221 Å². The van der Waals surface area contributed by atoms with Crippen LogP contribution in [-0.4, -0.2) is 138 Å². The second-order valence-corrected chi connectivity index (χ2v) is 9.89. The SMILES string of the molecule is C.NCCCN(CCCN)CN(CCCN)CCCN.NCCCN(CCCN)CN(CCCN)CCCN. The molecule has 0 rings (SSSR count). The van der Waals surface area contributed by atoms with Gasteiger partial charge in [0.1, 0.15) is 0 Å². The van der Waals surface area contributed by atoms with Gasteiger partial charge in [-0.1, -0.05) is 7.43 Å². The number of nitrogens with two attached hydrogens (primary N) is 8. The average molecular weight is 565 g/mol. The van der Waals surface area contributed by atoms with Crippen molar-refractivity contribution in [1.82, 2.24) is 19.6 Å². The quantitative estimate of drug-likeness (QED) is 0.0510. The molecule has 0 aliphatic heterocycles. The van der Waals surface area contributed by atoms with E-state index in [4.69, 9.17) is 45.9 Å². The fourth-order valence-electron chi connectivity index (χ4n) is 4.10. The molecule has 39 heavy (non-hydrogen) atoms. The van der Waals surface area contributed by atoms with Crippen LogP contribution < -0.4 is 45.9 Å². The van der Waals surface area contributed by atoms with Crippen molar-refractivity contribution in [2.45, 2.75) is 58.8 Å². The van der Waals surface area contributed by atoms with Crippen molar-refractivity contribution in [3.63, 3.8) is 0 Å². The van der Waals surface area contributed by atoms with Crippen LogP contribution in [0.3, 0.4) is 0 Å². The van der Waals surface area contributed by atoms with Gasteiger partial charge in [0.15, 0.2) is 0 Å². The summed E-state index contributed by atoms with van der Waals surface area (Å²) in [6.45, 7) is 16.2. The Kier molecular flexibility index (Phi) is 39.2. The van der Waals surface area contributed by atoms with E-state index < -0.39 is 0 Å². The summed E-state index contributed by atoms with van der Waals surface area (Å²) in [6.07, 6.45) is 8.27. The molecule has 0 fully saturated rings. The van der Waals surface area contributed by atoms with Gasteiger partial charge in [-0.2, -0.15) is 0 Å². The molecule has 16 N–H and O–H groups in total. The van der Waals surface area contributed by atoms with Gasteiger partial charge >= 0.3 is 0 Å². The molecular formula is C27H72N12. The van der Waals surface area contributed by atoms with E-state index >= 15 is 0 Å². The van der Waals surface area contributed by atoms with Gasteiger partial charge in [-0.15, -0.1) is 0 Å². The van der Waals surface area contributed by atoms with Crippen LogP contribution in [0.25, 0.3) is 0 Å². The van der Waals surface area contributed by atoms with Crippen molar-refractivity contribution in [3.8, 4) is 0 Å². The van der Waals surface area contributed by atoms with Crippen molar-refractivity contribution in [2.75, 3.05) is 118 Å². The van der Waals surface area contributed by atoms with Crippen LogP contribution in [0.5, 0.6) is 0 Å². The first kappa shape index (κ1) is 43.0. The van der Waals surface area contributed by atoms with Crippen LogP contribution >= 0.6 is 0 Å². The normalized spacial score (nSPS) is 11.4. The summed E-state index contributed by atoms with van der Waals surface area (Å²) in [5, 5.41) is 0. The summed E-state index contributed by atoms with van der Waals surface area (Å²) >= 11 is 0. The molecule has 0 aromatic heterocycles. The number of hydrogen-bond donors (Lipinski definition) is 8. The highest BCUT2D eigenvalue weighted by molar-refractivity contribution is 4.65. The van der Waals surface area contributed by atoms with Gasteiger partial charge in [0.2, 0.25) is 0 Å². The molecule has 0 saturated heterocycles. The first-order valence-corrected chi connectivity index (χ1v) is 15.1. The van der Waals surface area contributed by atoms with E-state index in [9.17, 15) is 0 Å². The highest BCUT2D eigenvalue weighted by Gasteiger charge is 2.11. The summed E-state index contributed by atoms with van der Waals surface area (Å²) in [4.78, 5) is 9.75. The zero-order valence-electron chi connectivity index (χ0n) is 24.8. The number of hydrogen-bond acceptors (Lipinski definition) is 12. The van der Waals surface area contributed by atoms with E-state index in [0.29, 0.717) is 0 Å². The van der Waals surface area contributed by atoms with E-state index in [-0.39, 0.29) is 7.43 Å². The fraction of sp³-hybridized carbons (Fsp3) is 1.00. The van der Waals surface area contributed by atoms with E-state index in [0.717, 1.165) is 169 Å². The molecule has 0 heterocycles. The van der Waals surface area contributed by atoms with E-state index in [1.807, 2.05) is 0 Å². The van der Waals surface area contributed by atoms with Gasteiger partial charge in [0.05, 0.1) is 13.3 Å². The van der Waals surface area contributed by atoms with Crippen molar-refractivity contribution in [2.24, 2.45) is 45.9 Å². The lowest BCUT2D eigenvalue weighted by Gasteiger charge is -2.30. The molecule has 0 amide bonds. The van der Waals surface area contributed by atoms with Crippen LogP contribution in [0, 0.1) is 0 Å². The van der Waals surface area contributed by atoms with Gasteiger partial charge in [-0.3, -0.25) is 19.6 Å². The highest BCUT2D eigenvalue weighted by atomic mass is 15.3. The van der Waals surface area contributed by atoms with E-state index in [1.54, 1.807) is 0 Å². The van der Waals surface area contributed by atoms with Crippen molar-refractivity contribution < 1.29 is 0 Å². The Hall–Kier alpha value is -0.480. The third-order valence-corrected chi connectivity index (χ3v) is 6.23. The van der Waals surface area contributed by atoms with Crippen LogP contribution in [0.15, 0.2) is 0 Å². The first-order valence-electron chi connectivity index (χ1n) is 15.1. The van der Waals surface area contributed by atoms with Crippen LogP contribution in [0.1, 0.15) is 58.8 Å². The first-order chi connectivity index (χ1) is 18.6. The maximum absolute atomic E-state index is 5.60. The second kappa shape index (κ2) is 35.5. The van der Waals surface area contributed by atoms with Gasteiger partial charge < -0.3 is 45.9 Å². The third kappa shape index (κ3) is 30.3. The molecule has 12 heteroatoms. The minimum Gasteiger partial charge on any atom is -0.330 e. The lowest BCUT2D eigenvalue weighted by Crippen LogP contribution is -2.41. The summed E-state index contributed by atoms with van der Waals surface area (Å²) < 4.78 is 0. The molecule has 0 atom stereocenters. The Morgan fingerprint density at radius 2 is 0.385 bits per heavy atom. The molecule has 0 aromatic carbocycles. The van der Waals surface area contributed by atoms with Crippen molar-refractivity contribution in [3.05, 3.63) is 0 Å². The summed E-state index contributed by atoms with van der Waals surface area (Å²) in [6, 6.07) is 0. The maximum Gasteiger partial charge on any atom is 0.0506 e. The van der Waals surface area contributed by atoms with Crippen LogP contribution in [-0.2, 0) is 0 Å². The molecule has 0 spiro atoms. The molecule has 0 aliphatic rings. The zero-order valence-corrected chi connectivity index (χ0v) is 24.8. The largest absolute Gasteiger partial charge is 0.330 e. The van der Waals surface area contributed by atoms with Crippen LogP contribution in [0.4, 0.5) is 0 Å². The molecule has 240 valence electrons. The summed E-state index contributed by atoms with van der Waals surface area (Å²) in [5.74, 6) is 0. The predicted octanol–water partition coefficient (Wildman–Crippen LogP) is -1.48. The Labute approximate surface area is 242 Å². The molecule has 0 bridgehead atoms. The molecular weight excluding hydrogens is 492 g/mol.